The van der Waals surface area contributed by atoms with Gasteiger partial charge in [0.2, 0.25) is 0 Å². The van der Waals surface area contributed by atoms with Gasteiger partial charge >= 0.3 is 5.97 Å². The highest BCUT2D eigenvalue weighted by Gasteiger charge is 2.25. The summed E-state index contributed by atoms with van der Waals surface area (Å²) in [6.45, 7) is 1.20. The molecule has 18 heavy (non-hydrogen) atoms. The van der Waals surface area contributed by atoms with Crippen LogP contribution in [-0.4, -0.2) is 23.0 Å². The van der Waals surface area contributed by atoms with E-state index < -0.39 is 35.0 Å². The lowest BCUT2D eigenvalue weighted by molar-refractivity contribution is -0.385. The molecule has 1 heterocycles. The number of halogens is 2. The monoisotopic (exact) mass is 260 g/mol. The smallest absolute Gasteiger partial charge is 0.311 e. The van der Waals surface area contributed by atoms with Gasteiger partial charge in [-0.25, -0.2) is 8.78 Å². The van der Waals surface area contributed by atoms with E-state index in [4.69, 9.17) is 0 Å². The van der Waals surface area contributed by atoms with Crippen LogP contribution >= 0.6 is 0 Å². The number of hydrogen-bond acceptors (Lipinski definition) is 5. The van der Waals surface area contributed by atoms with E-state index in [9.17, 15) is 23.7 Å². The third kappa shape index (κ3) is 2.76. The summed E-state index contributed by atoms with van der Waals surface area (Å²) in [6.07, 6.45) is -2.54. The molecule has 0 radical (unpaired) electrons. The van der Waals surface area contributed by atoms with Gasteiger partial charge in [-0.05, 0) is 6.92 Å². The molecule has 8 heteroatoms. The van der Waals surface area contributed by atoms with Gasteiger partial charge in [0.15, 0.2) is 0 Å². The number of carbonyl (C=O) groups excluding carboxylic acids is 1. The summed E-state index contributed by atoms with van der Waals surface area (Å²) in [5, 5.41) is 10.6. The van der Waals surface area contributed by atoms with Crippen LogP contribution in [-0.2, 0) is 16.0 Å². The van der Waals surface area contributed by atoms with Crippen LogP contribution in [0.25, 0.3) is 0 Å². The second-order valence-corrected chi connectivity index (χ2v) is 3.44. The number of methoxy groups -OCH3 is 1. The Morgan fingerprint density at radius 3 is 2.67 bits per heavy atom. The quantitative estimate of drug-likeness (QED) is 0.469. The zero-order valence-corrected chi connectivity index (χ0v) is 9.65. The molecule has 0 spiro atoms. The minimum Gasteiger partial charge on any atom is -0.469 e. The van der Waals surface area contributed by atoms with Crippen molar-refractivity contribution in [3.63, 3.8) is 0 Å². The molecule has 98 valence electrons. The number of nitrogens with zero attached hydrogens (tertiary/aromatic N) is 2. The molecule has 1 aromatic rings. The first-order chi connectivity index (χ1) is 8.38. The Balaban J connectivity index is 3.32. The molecule has 0 bridgehead atoms. The summed E-state index contributed by atoms with van der Waals surface area (Å²) in [5.41, 5.74) is -1.49. The molecule has 0 aliphatic carbocycles. The number of aromatic nitrogens is 1. The maximum Gasteiger partial charge on any atom is 0.311 e. The topological polar surface area (TPSA) is 82.3 Å². The van der Waals surface area contributed by atoms with Gasteiger partial charge in [0, 0.05) is 11.1 Å². The Bertz CT molecular complexity index is 491. The van der Waals surface area contributed by atoms with Crippen molar-refractivity contribution >= 4 is 11.7 Å². The molecule has 0 aliphatic heterocycles. The molecule has 0 aromatic carbocycles. The van der Waals surface area contributed by atoms with E-state index in [2.05, 4.69) is 9.72 Å². The van der Waals surface area contributed by atoms with E-state index in [1.54, 1.807) is 0 Å². The summed E-state index contributed by atoms with van der Waals surface area (Å²) in [4.78, 5) is 24.4. The highest BCUT2D eigenvalue weighted by atomic mass is 19.3. The van der Waals surface area contributed by atoms with Crippen molar-refractivity contribution in [3.05, 3.63) is 33.1 Å². The van der Waals surface area contributed by atoms with Gasteiger partial charge in [0.1, 0.15) is 6.20 Å². The first-order valence-corrected chi connectivity index (χ1v) is 4.86. The van der Waals surface area contributed by atoms with Crippen LogP contribution in [0.3, 0.4) is 0 Å². The van der Waals surface area contributed by atoms with Gasteiger partial charge in [-0.2, -0.15) is 0 Å². The molecule has 0 saturated carbocycles. The molecule has 0 N–H and O–H groups in total. The standard InChI is InChI=1S/C10H10F2N2O4/c1-5-7(14(16)17)4-13-6(3-8(15)18-2)9(5)10(11)12/h4,10H,3H2,1-2H3. The molecule has 0 atom stereocenters. The van der Waals surface area contributed by atoms with E-state index in [0.717, 1.165) is 13.3 Å². The molecule has 0 amide bonds. The number of rotatable bonds is 4. The molecule has 0 fully saturated rings. The van der Waals surface area contributed by atoms with Crippen LogP contribution in [0, 0.1) is 17.0 Å². The van der Waals surface area contributed by atoms with Crippen molar-refractivity contribution in [2.75, 3.05) is 7.11 Å². The van der Waals surface area contributed by atoms with Gasteiger partial charge < -0.3 is 4.74 Å². The van der Waals surface area contributed by atoms with Crippen molar-refractivity contribution in [2.45, 2.75) is 19.8 Å². The van der Waals surface area contributed by atoms with E-state index in [1.807, 2.05) is 0 Å². The van der Waals surface area contributed by atoms with Crippen LogP contribution in [0.1, 0.15) is 23.2 Å². The normalized spacial score (nSPS) is 10.5. The molecular weight excluding hydrogens is 250 g/mol. The van der Waals surface area contributed by atoms with Crippen molar-refractivity contribution in [1.82, 2.24) is 4.98 Å². The lowest BCUT2D eigenvalue weighted by Crippen LogP contribution is -2.11. The minimum absolute atomic E-state index is 0.191. The largest absolute Gasteiger partial charge is 0.469 e. The fourth-order valence-electron chi connectivity index (χ4n) is 1.48. The average Bonchev–Trinajstić information content (AvgIpc) is 2.27. The molecule has 6 nitrogen and oxygen atoms in total. The van der Waals surface area contributed by atoms with Crippen molar-refractivity contribution in [1.29, 1.82) is 0 Å². The molecule has 0 aliphatic rings. The Kier molecular flexibility index (Phi) is 4.24. The predicted molar refractivity (Wildman–Crippen MR) is 56.3 cm³/mol. The zero-order chi connectivity index (χ0) is 13.9. The van der Waals surface area contributed by atoms with E-state index in [-0.39, 0.29) is 11.3 Å². The lowest BCUT2D eigenvalue weighted by atomic mass is 10.0. The Labute approximate surface area is 101 Å². The van der Waals surface area contributed by atoms with Gasteiger partial charge in [-0.1, -0.05) is 0 Å². The molecular formula is C10H10F2N2O4. The predicted octanol–water partition coefficient (Wildman–Crippen LogP) is 1.95. The molecule has 0 saturated heterocycles. The third-order valence-corrected chi connectivity index (χ3v) is 2.40. The van der Waals surface area contributed by atoms with Gasteiger partial charge in [0.05, 0.1) is 24.1 Å². The van der Waals surface area contributed by atoms with Crippen LogP contribution < -0.4 is 0 Å². The van der Waals surface area contributed by atoms with Crippen molar-refractivity contribution in [2.24, 2.45) is 0 Å². The first-order valence-electron chi connectivity index (χ1n) is 4.86. The highest BCUT2D eigenvalue weighted by molar-refractivity contribution is 5.72. The van der Waals surface area contributed by atoms with E-state index >= 15 is 0 Å². The van der Waals surface area contributed by atoms with E-state index in [1.165, 1.54) is 6.92 Å². The van der Waals surface area contributed by atoms with Crippen LogP contribution in [0.4, 0.5) is 14.5 Å². The first kappa shape index (κ1) is 13.9. The maximum absolute atomic E-state index is 12.9. The minimum atomic E-state index is -2.95. The number of ether oxygens (including phenoxy) is 1. The Morgan fingerprint density at radius 2 is 2.22 bits per heavy atom. The van der Waals surface area contributed by atoms with Gasteiger partial charge in [0.25, 0.3) is 12.1 Å². The van der Waals surface area contributed by atoms with Crippen LogP contribution in [0.5, 0.6) is 0 Å². The molecule has 1 aromatic heterocycles. The average molecular weight is 260 g/mol. The number of hydrogen-bond donors (Lipinski definition) is 0. The van der Waals surface area contributed by atoms with E-state index in [0.29, 0.717) is 0 Å². The number of nitro groups is 1. The third-order valence-electron chi connectivity index (χ3n) is 2.40. The molecule has 0 unspecified atom stereocenters. The fourth-order valence-corrected chi connectivity index (χ4v) is 1.48. The Hall–Kier alpha value is -2.12. The second kappa shape index (κ2) is 5.48. The number of esters is 1. The number of carbonyl (C=O) groups is 1. The summed E-state index contributed by atoms with van der Waals surface area (Å²) >= 11 is 0. The van der Waals surface area contributed by atoms with Gasteiger partial charge in [-0.15, -0.1) is 0 Å². The highest BCUT2D eigenvalue weighted by Crippen LogP contribution is 2.31. The SMILES string of the molecule is COC(=O)Cc1ncc([N+](=O)[O-])c(C)c1C(F)F. The van der Waals surface area contributed by atoms with Crippen molar-refractivity contribution < 1.29 is 23.2 Å². The van der Waals surface area contributed by atoms with Crippen LogP contribution in [0.2, 0.25) is 0 Å². The summed E-state index contributed by atoms with van der Waals surface area (Å²) in [6, 6.07) is 0. The molecule has 1 rings (SSSR count). The summed E-state index contributed by atoms with van der Waals surface area (Å²) < 4.78 is 30.1. The maximum atomic E-state index is 12.9. The summed E-state index contributed by atoms with van der Waals surface area (Å²) in [5.74, 6) is -0.738. The fraction of sp³-hybridized carbons (Fsp3) is 0.400. The lowest BCUT2D eigenvalue weighted by Gasteiger charge is -2.10. The number of pyridine rings is 1. The number of alkyl halides is 2. The van der Waals surface area contributed by atoms with Crippen molar-refractivity contribution in [3.8, 4) is 0 Å². The summed E-state index contributed by atoms with van der Waals surface area (Å²) in [7, 11) is 1.11. The van der Waals surface area contributed by atoms with Gasteiger partial charge in [-0.3, -0.25) is 19.9 Å². The zero-order valence-electron chi connectivity index (χ0n) is 9.65. The Morgan fingerprint density at radius 1 is 1.61 bits per heavy atom. The van der Waals surface area contributed by atoms with Crippen LogP contribution in [0.15, 0.2) is 6.20 Å². The second-order valence-electron chi connectivity index (χ2n) is 3.44.